The molecule has 0 aliphatic carbocycles. The summed E-state index contributed by atoms with van der Waals surface area (Å²) in [5.41, 5.74) is 2.70. The van der Waals surface area contributed by atoms with Crippen LogP contribution in [0.4, 0.5) is 0 Å². The van der Waals surface area contributed by atoms with Gasteiger partial charge in [0.2, 0.25) is 10.8 Å². The number of nitrogens with zero attached hydrogens (tertiary/aromatic N) is 5. The molecule has 0 atom stereocenters. The molecule has 0 aliphatic rings. The van der Waals surface area contributed by atoms with Crippen LogP contribution >= 0.6 is 22.9 Å². The molecular formula is C13H9ClN6S. The lowest BCUT2D eigenvalue weighted by atomic mass is 10.2. The van der Waals surface area contributed by atoms with E-state index in [-0.39, 0.29) is 0 Å². The minimum absolute atomic E-state index is 0.630. The van der Waals surface area contributed by atoms with Crippen LogP contribution in [0.3, 0.4) is 0 Å². The van der Waals surface area contributed by atoms with Crippen molar-refractivity contribution in [2.45, 2.75) is 6.92 Å². The van der Waals surface area contributed by atoms with Crippen molar-refractivity contribution < 1.29 is 0 Å². The van der Waals surface area contributed by atoms with Crippen LogP contribution in [0.15, 0.2) is 30.3 Å². The molecule has 6 nitrogen and oxygen atoms in total. The van der Waals surface area contributed by atoms with Crippen LogP contribution in [0.25, 0.3) is 27.1 Å². The number of aromatic nitrogens is 6. The molecule has 4 aromatic rings. The second kappa shape index (κ2) is 4.64. The summed E-state index contributed by atoms with van der Waals surface area (Å²) in [5.74, 6) is 0.630. The summed E-state index contributed by atoms with van der Waals surface area (Å²) >= 11 is 7.38. The number of rotatable bonds is 2. The van der Waals surface area contributed by atoms with Crippen molar-refractivity contribution in [3.8, 4) is 22.1 Å². The van der Waals surface area contributed by atoms with Crippen molar-refractivity contribution in [1.82, 2.24) is 30.0 Å². The summed E-state index contributed by atoms with van der Waals surface area (Å²) < 4.78 is 1.71. The lowest BCUT2D eigenvalue weighted by Gasteiger charge is -1.95. The van der Waals surface area contributed by atoms with Gasteiger partial charge in [0.25, 0.3) is 0 Å². The molecule has 0 amide bonds. The first kappa shape index (κ1) is 12.5. The Morgan fingerprint density at radius 2 is 2.00 bits per heavy atom. The van der Waals surface area contributed by atoms with E-state index in [1.54, 1.807) is 4.52 Å². The first-order valence-electron chi connectivity index (χ1n) is 6.21. The molecule has 0 spiro atoms. The molecule has 0 saturated carbocycles. The number of aromatic amines is 1. The maximum absolute atomic E-state index is 5.91. The molecule has 3 heterocycles. The van der Waals surface area contributed by atoms with Gasteiger partial charge in [-0.05, 0) is 25.1 Å². The number of hydrogen-bond donors (Lipinski definition) is 1. The lowest BCUT2D eigenvalue weighted by Crippen LogP contribution is -1.91. The van der Waals surface area contributed by atoms with Crippen molar-refractivity contribution in [3.05, 3.63) is 41.0 Å². The highest BCUT2D eigenvalue weighted by atomic mass is 35.5. The maximum atomic E-state index is 5.91. The fraction of sp³-hybridized carbons (Fsp3) is 0.0769. The Bertz CT molecular complexity index is 920. The van der Waals surface area contributed by atoms with E-state index in [0.717, 1.165) is 26.9 Å². The molecule has 0 radical (unpaired) electrons. The van der Waals surface area contributed by atoms with Crippen LogP contribution in [0, 0.1) is 6.92 Å². The predicted molar refractivity (Wildman–Crippen MR) is 81.4 cm³/mol. The van der Waals surface area contributed by atoms with E-state index < -0.39 is 0 Å². The molecule has 8 heteroatoms. The molecule has 104 valence electrons. The first-order chi connectivity index (χ1) is 10.2. The number of H-pyrrole nitrogens is 1. The molecule has 0 unspecified atom stereocenters. The maximum Gasteiger partial charge on any atom is 0.235 e. The highest BCUT2D eigenvalue weighted by Crippen LogP contribution is 2.28. The number of benzene rings is 1. The molecule has 0 aliphatic heterocycles. The second-order valence-electron chi connectivity index (χ2n) is 4.57. The van der Waals surface area contributed by atoms with E-state index in [9.17, 15) is 0 Å². The van der Waals surface area contributed by atoms with Gasteiger partial charge in [-0.3, -0.25) is 5.10 Å². The van der Waals surface area contributed by atoms with Gasteiger partial charge >= 0.3 is 0 Å². The average Bonchev–Trinajstić information content (AvgIpc) is 3.14. The zero-order chi connectivity index (χ0) is 14.4. The van der Waals surface area contributed by atoms with Gasteiger partial charge in [0.1, 0.15) is 10.7 Å². The van der Waals surface area contributed by atoms with E-state index in [1.807, 2.05) is 37.3 Å². The largest absolute Gasteiger partial charge is 0.282 e. The molecule has 21 heavy (non-hydrogen) atoms. The summed E-state index contributed by atoms with van der Waals surface area (Å²) in [7, 11) is 0. The van der Waals surface area contributed by atoms with E-state index in [0.29, 0.717) is 10.8 Å². The minimum Gasteiger partial charge on any atom is -0.282 e. The van der Waals surface area contributed by atoms with Gasteiger partial charge in [0.15, 0.2) is 0 Å². The van der Waals surface area contributed by atoms with Crippen molar-refractivity contribution in [3.63, 3.8) is 0 Å². The molecule has 0 saturated heterocycles. The van der Waals surface area contributed by atoms with Crippen molar-refractivity contribution in [2.75, 3.05) is 0 Å². The highest BCUT2D eigenvalue weighted by Gasteiger charge is 2.16. The van der Waals surface area contributed by atoms with Crippen LogP contribution < -0.4 is 0 Å². The second-order valence-corrected chi connectivity index (χ2v) is 5.96. The Morgan fingerprint density at radius 1 is 1.19 bits per heavy atom. The number of fused-ring (bicyclic) bond motifs is 1. The molecule has 1 aromatic carbocycles. The third kappa shape index (κ3) is 2.10. The van der Waals surface area contributed by atoms with Gasteiger partial charge in [-0.15, -0.1) is 10.2 Å². The molecule has 3 aromatic heterocycles. The summed E-state index contributed by atoms with van der Waals surface area (Å²) in [6, 6.07) is 9.48. The highest BCUT2D eigenvalue weighted by molar-refractivity contribution is 7.19. The van der Waals surface area contributed by atoms with Gasteiger partial charge < -0.3 is 0 Å². The zero-order valence-electron chi connectivity index (χ0n) is 10.9. The topological polar surface area (TPSA) is 71.8 Å². The number of hydrogen-bond acceptors (Lipinski definition) is 5. The molecular weight excluding hydrogens is 308 g/mol. The zero-order valence-corrected chi connectivity index (χ0v) is 12.5. The molecule has 0 bridgehead atoms. The predicted octanol–water partition coefficient (Wildman–Crippen LogP) is 3.20. The van der Waals surface area contributed by atoms with Gasteiger partial charge in [0.05, 0.1) is 0 Å². The van der Waals surface area contributed by atoms with Crippen molar-refractivity contribution in [1.29, 1.82) is 0 Å². The number of aryl methyl sites for hydroxylation is 1. The normalized spacial score (nSPS) is 11.3. The Morgan fingerprint density at radius 3 is 2.71 bits per heavy atom. The summed E-state index contributed by atoms with van der Waals surface area (Å²) in [6.45, 7) is 1.94. The Hall–Kier alpha value is -2.25. The monoisotopic (exact) mass is 316 g/mol. The molecule has 4 rings (SSSR count). The Kier molecular flexibility index (Phi) is 2.76. The van der Waals surface area contributed by atoms with E-state index in [2.05, 4.69) is 25.5 Å². The van der Waals surface area contributed by atoms with Crippen LogP contribution in [-0.4, -0.2) is 30.0 Å². The van der Waals surface area contributed by atoms with Gasteiger partial charge in [0, 0.05) is 16.3 Å². The fourth-order valence-electron chi connectivity index (χ4n) is 2.02. The van der Waals surface area contributed by atoms with Crippen LogP contribution in [-0.2, 0) is 0 Å². The van der Waals surface area contributed by atoms with Crippen LogP contribution in [0.2, 0.25) is 5.02 Å². The van der Waals surface area contributed by atoms with E-state index >= 15 is 0 Å². The Balaban J connectivity index is 1.84. The lowest BCUT2D eigenvalue weighted by molar-refractivity contribution is 0.952. The third-order valence-electron chi connectivity index (χ3n) is 3.02. The van der Waals surface area contributed by atoms with E-state index in [4.69, 9.17) is 11.6 Å². The van der Waals surface area contributed by atoms with E-state index in [1.165, 1.54) is 11.3 Å². The smallest absolute Gasteiger partial charge is 0.235 e. The molecule has 1 N–H and O–H groups in total. The van der Waals surface area contributed by atoms with Crippen LogP contribution in [0.1, 0.15) is 5.69 Å². The Labute approximate surface area is 128 Å². The van der Waals surface area contributed by atoms with Crippen LogP contribution in [0.5, 0.6) is 0 Å². The summed E-state index contributed by atoms with van der Waals surface area (Å²) in [4.78, 5) is 0.732. The third-order valence-corrected chi connectivity index (χ3v) is 4.22. The average molecular weight is 317 g/mol. The van der Waals surface area contributed by atoms with Gasteiger partial charge in [-0.25, -0.2) is 0 Å². The standard InChI is InChI=1S/C13H9ClN6S/c1-7-6-10(16-15-7)11-17-18-13-20(11)19-12(21-13)8-2-4-9(14)5-3-8/h2-6H,1H3,(H,15,16). The van der Waals surface area contributed by atoms with Crippen molar-refractivity contribution in [2.24, 2.45) is 0 Å². The summed E-state index contributed by atoms with van der Waals surface area (Å²) in [5, 5.41) is 21.5. The minimum atomic E-state index is 0.630. The SMILES string of the molecule is Cc1cc(-c2nnc3sc(-c4ccc(Cl)cc4)nn23)n[nH]1. The molecule has 0 fully saturated rings. The van der Waals surface area contributed by atoms with Crippen molar-refractivity contribution >= 4 is 27.9 Å². The van der Waals surface area contributed by atoms with Gasteiger partial charge in [-0.1, -0.05) is 35.1 Å². The number of halogens is 1. The quantitative estimate of drug-likeness (QED) is 0.616. The fourth-order valence-corrected chi connectivity index (χ4v) is 2.99. The number of nitrogens with one attached hydrogen (secondary N) is 1. The van der Waals surface area contributed by atoms with Gasteiger partial charge in [-0.2, -0.15) is 14.7 Å². The first-order valence-corrected chi connectivity index (χ1v) is 7.41. The summed E-state index contributed by atoms with van der Waals surface area (Å²) in [6.07, 6.45) is 0.